The number of aryl methyl sites for hydroxylation is 1. The number of carbonyl (C=O) groups is 1. The zero-order chi connectivity index (χ0) is 27.6. The van der Waals surface area contributed by atoms with Gasteiger partial charge in [-0.05, 0) is 37.0 Å². The molecule has 0 spiro atoms. The van der Waals surface area contributed by atoms with Crippen LogP contribution >= 0.6 is 11.6 Å². The van der Waals surface area contributed by atoms with Gasteiger partial charge in [-0.3, -0.25) is 9.59 Å². The average Bonchev–Trinajstić information content (AvgIpc) is 2.84. The number of hydrogen-bond donors (Lipinski definition) is 2. The maximum Gasteiger partial charge on any atom is 0.417 e. The third kappa shape index (κ3) is 5.88. The molecule has 1 aliphatic rings. The van der Waals surface area contributed by atoms with Crippen LogP contribution in [0.3, 0.4) is 0 Å². The summed E-state index contributed by atoms with van der Waals surface area (Å²) in [4.78, 5) is 30.0. The summed E-state index contributed by atoms with van der Waals surface area (Å²) in [5.41, 5.74) is -3.55. The molecule has 0 saturated heterocycles. The highest BCUT2D eigenvalue weighted by atomic mass is 35.5. The Balaban J connectivity index is 1.45. The second kappa shape index (κ2) is 11.2. The van der Waals surface area contributed by atoms with Crippen molar-refractivity contribution in [2.45, 2.75) is 51.6 Å². The van der Waals surface area contributed by atoms with Gasteiger partial charge >= 0.3 is 6.18 Å². The van der Waals surface area contributed by atoms with Crippen LogP contribution in [0.25, 0.3) is 11.4 Å². The number of nitrogens with zero attached hydrogens (tertiary/aromatic N) is 1. The first kappa shape index (κ1) is 27.7. The van der Waals surface area contributed by atoms with Gasteiger partial charge in [0, 0.05) is 23.0 Å². The average molecular weight is 556 g/mol. The molecule has 6 nitrogen and oxygen atoms in total. The fourth-order valence-corrected chi connectivity index (χ4v) is 4.34. The summed E-state index contributed by atoms with van der Waals surface area (Å²) < 4.78 is 76.1. The minimum absolute atomic E-state index is 0.0913. The van der Waals surface area contributed by atoms with Crippen LogP contribution in [0.2, 0.25) is 5.02 Å². The smallest absolute Gasteiger partial charge is 0.373 e. The molecule has 202 valence electrons. The number of aromatic amines is 1. The van der Waals surface area contributed by atoms with Crippen molar-refractivity contribution < 1.29 is 31.5 Å². The predicted octanol–water partition coefficient (Wildman–Crippen LogP) is 5.56. The third-order valence-corrected chi connectivity index (χ3v) is 6.75. The van der Waals surface area contributed by atoms with Gasteiger partial charge in [0.1, 0.15) is 11.6 Å². The lowest BCUT2D eigenvalue weighted by Gasteiger charge is -2.34. The van der Waals surface area contributed by atoms with Crippen LogP contribution in [0, 0.1) is 17.6 Å². The Hall–Kier alpha value is -3.31. The molecule has 1 heterocycles. The van der Waals surface area contributed by atoms with Crippen LogP contribution in [-0.4, -0.2) is 22.0 Å². The first-order chi connectivity index (χ1) is 18.0. The summed E-state index contributed by atoms with van der Waals surface area (Å²) in [6.45, 7) is 1.34. The monoisotopic (exact) mass is 555 g/mol. The quantitative estimate of drug-likeness (QED) is 0.356. The molecular weight excluding hydrogens is 533 g/mol. The van der Waals surface area contributed by atoms with Crippen molar-refractivity contribution in [3.8, 4) is 11.4 Å². The van der Waals surface area contributed by atoms with Gasteiger partial charge in [-0.25, -0.2) is 9.37 Å². The standard InChI is InChI=1S/C26H23ClF5N3O3/c1-2-19-22(29)25(37)35-23(34-19)20-17(26(30,31)32)8-7-13(21(20)28)11-33-24(36)15-9-16(10-15)38-12-14-5-3-4-6-18(14)27/h3-8,15-16H,2,9-12H2,1H3,(H,33,36)(H,34,35,37). The van der Waals surface area contributed by atoms with Crippen LogP contribution in [0.1, 0.15) is 42.1 Å². The van der Waals surface area contributed by atoms with Crippen LogP contribution in [0.15, 0.2) is 41.2 Å². The van der Waals surface area contributed by atoms with Crippen molar-refractivity contribution in [1.82, 2.24) is 15.3 Å². The largest absolute Gasteiger partial charge is 0.417 e. The molecule has 4 rings (SSSR count). The van der Waals surface area contributed by atoms with Gasteiger partial charge in [-0.2, -0.15) is 17.6 Å². The molecule has 1 amide bonds. The third-order valence-electron chi connectivity index (χ3n) is 6.38. The Bertz CT molecular complexity index is 1400. The Morgan fingerprint density at radius 1 is 1.13 bits per heavy atom. The molecule has 2 N–H and O–H groups in total. The SMILES string of the molecule is CCc1nc(-c2c(C(F)(F)F)ccc(CNC(=O)C3CC(OCc4ccccc4Cl)C3)c2F)[nH]c(=O)c1F. The van der Waals surface area contributed by atoms with E-state index in [9.17, 15) is 27.2 Å². The highest BCUT2D eigenvalue weighted by Gasteiger charge is 2.38. The number of benzene rings is 2. The van der Waals surface area contributed by atoms with E-state index in [0.717, 1.165) is 11.6 Å². The lowest BCUT2D eigenvalue weighted by Crippen LogP contribution is -2.42. The molecule has 1 saturated carbocycles. The van der Waals surface area contributed by atoms with Crippen LogP contribution < -0.4 is 10.9 Å². The summed E-state index contributed by atoms with van der Waals surface area (Å²) >= 11 is 6.10. The molecule has 0 bridgehead atoms. The van der Waals surface area contributed by atoms with E-state index in [-0.39, 0.29) is 24.7 Å². The highest BCUT2D eigenvalue weighted by molar-refractivity contribution is 6.31. The van der Waals surface area contributed by atoms with E-state index in [1.807, 2.05) is 17.1 Å². The summed E-state index contributed by atoms with van der Waals surface area (Å²) in [5.74, 6) is -4.12. The molecule has 1 aromatic heterocycles. The molecule has 1 aliphatic carbocycles. The number of alkyl halides is 3. The Labute approximate surface area is 219 Å². The zero-order valence-electron chi connectivity index (χ0n) is 20.1. The molecule has 1 fully saturated rings. The summed E-state index contributed by atoms with van der Waals surface area (Å²) in [6.07, 6.45) is -4.38. The maximum atomic E-state index is 15.4. The maximum absolute atomic E-state index is 15.4. The molecule has 2 aromatic carbocycles. The first-order valence-corrected chi connectivity index (χ1v) is 12.2. The van der Waals surface area contributed by atoms with Crippen LogP contribution in [0.4, 0.5) is 22.0 Å². The predicted molar refractivity (Wildman–Crippen MR) is 129 cm³/mol. The molecule has 3 aromatic rings. The van der Waals surface area contributed by atoms with Crippen molar-refractivity contribution in [2.75, 3.05) is 0 Å². The lowest BCUT2D eigenvalue weighted by atomic mass is 9.81. The Morgan fingerprint density at radius 3 is 2.50 bits per heavy atom. The van der Waals surface area contributed by atoms with E-state index in [2.05, 4.69) is 10.3 Å². The normalized spacial score (nSPS) is 17.2. The minimum Gasteiger partial charge on any atom is -0.373 e. The van der Waals surface area contributed by atoms with Crippen molar-refractivity contribution in [3.05, 3.63) is 85.8 Å². The van der Waals surface area contributed by atoms with E-state index in [1.54, 1.807) is 12.1 Å². The van der Waals surface area contributed by atoms with Crippen molar-refractivity contribution >= 4 is 17.5 Å². The summed E-state index contributed by atoms with van der Waals surface area (Å²) in [7, 11) is 0. The van der Waals surface area contributed by atoms with E-state index in [4.69, 9.17) is 16.3 Å². The number of aromatic nitrogens is 2. The molecular formula is C26H23ClF5N3O3. The van der Waals surface area contributed by atoms with Gasteiger partial charge in [-0.15, -0.1) is 0 Å². The number of nitrogens with one attached hydrogen (secondary N) is 2. The van der Waals surface area contributed by atoms with Gasteiger partial charge in [0.15, 0.2) is 0 Å². The highest BCUT2D eigenvalue weighted by Crippen LogP contribution is 2.38. The molecule has 12 heteroatoms. The van der Waals surface area contributed by atoms with Crippen LogP contribution in [-0.2, 0) is 35.3 Å². The number of amides is 1. The molecule has 0 atom stereocenters. The number of hydrogen-bond acceptors (Lipinski definition) is 4. The number of H-pyrrole nitrogens is 1. The molecule has 0 aliphatic heterocycles. The summed E-state index contributed by atoms with van der Waals surface area (Å²) in [5, 5.41) is 3.11. The number of rotatable bonds is 8. The van der Waals surface area contributed by atoms with Gasteiger partial charge in [-0.1, -0.05) is 42.8 Å². The second-order valence-electron chi connectivity index (χ2n) is 8.90. The molecule has 0 radical (unpaired) electrons. The number of ether oxygens (including phenoxy) is 1. The molecule has 0 unspecified atom stereocenters. The summed E-state index contributed by atoms with van der Waals surface area (Å²) in [6, 6.07) is 8.75. The van der Waals surface area contributed by atoms with Gasteiger partial charge in [0.25, 0.3) is 5.56 Å². The van der Waals surface area contributed by atoms with E-state index in [1.165, 1.54) is 6.92 Å². The fraction of sp³-hybridized carbons (Fsp3) is 0.346. The minimum atomic E-state index is -4.98. The Kier molecular flexibility index (Phi) is 8.17. The molecule has 38 heavy (non-hydrogen) atoms. The van der Waals surface area contributed by atoms with E-state index >= 15 is 4.39 Å². The van der Waals surface area contributed by atoms with E-state index in [0.29, 0.717) is 23.9 Å². The Morgan fingerprint density at radius 2 is 1.84 bits per heavy atom. The topological polar surface area (TPSA) is 84.1 Å². The van der Waals surface area contributed by atoms with Gasteiger partial charge in [0.2, 0.25) is 11.7 Å². The van der Waals surface area contributed by atoms with Crippen molar-refractivity contribution in [3.63, 3.8) is 0 Å². The number of halogens is 6. The van der Waals surface area contributed by atoms with E-state index < -0.39 is 64.4 Å². The number of carbonyl (C=O) groups excluding carboxylic acids is 1. The van der Waals surface area contributed by atoms with Crippen LogP contribution in [0.5, 0.6) is 0 Å². The van der Waals surface area contributed by atoms with Crippen molar-refractivity contribution in [2.24, 2.45) is 5.92 Å². The lowest BCUT2D eigenvalue weighted by molar-refractivity contribution is -0.137. The second-order valence-corrected chi connectivity index (χ2v) is 9.31. The zero-order valence-corrected chi connectivity index (χ0v) is 20.9. The van der Waals surface area contributed by atoms with Crippen molar-refractivity contribution in [1.29, 1.82) is 0 Å². The van der Waals surface area contributed by atoms with Gasteiger partial charge in [0.05, 0.1) is 29.5 Å². The first-order valence-electron chi connectivity index (χ1n) is 11.8. The van der Waals surface area contributed by atoms with Gasteiger partial charge < -0.3 is 15.0 Å². The fourth-order valence-electron chi connectivity index (χ4n) is 4.15.